The fraction of sp³-hybridized carbons (Fsp3) is 0.111. The Morgan fingerprint density at radius 3 is 2.44 bits per heavy atom. The van der Waals surface area contributed by atoms with Gasteiger partial charge in [0.2, 0.25) is 0 Å². The Morgan fingerprint density at radius 1 is 1.19 bits per heavy atom. The maximum absolute atomic E-state index is 11.1. The Balaban J connectivity index is 2.43. The monoisotopic (exact) mass is 242 g/mol. The van der Waals surface area contributed by atoms with Crippen LogP contribution in [0.1, 0.15) is 5.56 Å². The average molecular weight is 242 g/mol. The largest absolute Gasteiger partial charge is 0.472 e. The normalized spacial score (nSPS) is 19.0. The van der Waals surface area contributed by atoms with Crippen LogP contribution in [0.25, 0.3) is 0 Å². The van der Waals surface area contributed by atoms with E-state index in [0.717, 1.165) is 5.56 Å². The standard InChI is InChI=1S/C9H10N2O4S/c12-8(13)16(9(14)15)10-5-6-3-1-2-4-7(6)11-16/h1-4,10-11H,5H2,(H,12,13)(H,14,15). The number of carbonyl (C=O) groups is 2. The van der Waals surface area contributed by atoms with Crippen molar-refractivity contribution in [3.8, 4) is 0 Å². The number of anilines is 1. The van der Waals surface area contributed by atoms with Crippen molar-refractivity contribution in [3.63, 3.8) is 0 Å². The summed E-state index contributed by atoms with van der Waals surface area (Å²) < 4.78 is 5.14. The molecule has 0 radical (unpaired) electrons. The van der Waals surface area contributed by atoms with Gasteiger partial charge >= 0.3 is 10.6 Å². The van der Waals surface area contributed by atoms with Gasteiger partial charge in [-0.3, -0.25) is 0 Å². The Kier molecular flexibility index (Phi) is 2.49. The van der Waals surface area contributed by atoms with E-state index in [9.17, 15) is 9.59 Å². The molecule has 2 rings (SSSR count). The van der Waals surface area contributed by atoms with Crippen LogP contribution in [-0.2, 0) is 6.54 Å². The van der Waals surface area contributed by atoms with Crippen molar-refractivity contribution in [1.82, 2.24) is 4.72 Å². The van der Waals surface area contributed by atoms with E-state index in [2.05, 4.69) is 9.44 Å². The first-order chi connectivity index (χ1) is 7.56. The molecule has 0 amide bonds. The highest BCUT2D eigenvalue weighted by Gasteiger charge is 2.43. The third-order valence-corrected chi connectivity index (χ3v) is 4.43. The van der Waals surface area contributed by atoms with E-state index in [0.29, 0.717) is 5.69 Å². The second-order valence-corrected chi connectivity index (χ2v) is 5.64. The lowest BCUT2D eigenvalue weighted by Gasteiger charge is -2.37. The second kappa shape index (κ2) is 3.69. The minimum atomic E-state index is -3.11. The molecule has 0 atom stereocenters. The number of hydrogen-bond acceptors (Lipinski definition) is 4. The summed E-state index contributed by atoms with van der Waals surface area (Å²) >= 11 is 0. The molecule has 0 bridgehead atoms. The van der Waals surface area contributed by atoms with Crippen LogP contribution in [0.15, 0.2) is 24.3 Å². The third-order valence-electron chi connectivity index (χ3n) is 2.28. The first-order valence-corrected chi connectivity index (χ1v) is 6.09. The van der Waals surface area contributed by atoms with Gasteiger partial charge in [0.15, 0.2) is 0 Å². The van der Waals surface area contributed by atoms with Crippen LogP contribution < -0.4 is 9.44 Å². The zero-order chi connectivity index (χ0) is 11.8. The van der Waals surface area contributed by atoms with Gasteiger partial charge in [-0.2, -0.15) is 0 Å². The molecular weight excluding hydrogens is 232 g/mol. The topological polar surface area (TPSA) is 98.7 Å². The quantitative estimate of drug-likeness (QED) is 0.556. The van der Waals surface area contributed by atoms with Crippen LogP contribution in [-0.4, -0.2) is 20.8 Å². The highest BCUT2D eigenvalue weighted by molar-refractivity contribution is 8.54. The van der Waals surface area contributed by atoms with Gasteiger partial charge in [0, 0.05) is 12.2 Å². The number of para-hydroxylation sites is 1. The van der Waals surface area contributed by atoms with Crippen molar-refractivity contribution < 1.29 is 19.8 Å². The zero-order valence-corrected chi connectivity index (χ0v) is 8.95. The Hall–Kier alpha value is -1.73. The van der Waals surface area contributed by atoms with Crippen molar-refractivity contribution in [3.05, 3.63) is 29.8 Å². The Bertz CT molecular complexity index is 449. The first kappa shape index (κ1) is 10.8. The van der Waals surface area contributed by atoms with Gasteiger partial charge in [-0.1, -0.05) is 18.2 Å². The fourth-order valence-corrected chi connectivity index (χ4v) is 2.99. The number of nitrogens with one attached hydrogen (secondary N) is 2. The number of hydrogen-bond donors (Lipinski definition) is 4. The van der Waals surface area contributed by atoms with Gasteiger partial charge in [-0.15, -0.1) is 0 Å². The number of benzene rings is 1. The molecule has 7 heteroatoms. The molecule has 1 aliphatic rings. The molecule has 0 fully saturated rings. The Morgan fingerprint density at radius 2 is 1.81 bits per heavy atom. The highest BCUT2D eigenvalue weighted by Crippen LogP contribution is 2.48. The number of fused-ring (bicyclic) bond motifs is 1. The van der Waals surface area contributed by atoms with Crippen LogP contribution in [0, 0.1) is 0 Å². The van der Waals surface area contributed by atoms with Gasteiger partial charge in [-0.05, 0) is 11.6 Å². The molecule has 1 heterocycles. The van der Waals surface area contributed by atoms with Crippen molar-refractivity contribution in [2.75, 3.05) is 4.72 Å². The van der Waals surface area contributed by atoms with Gasteiger partial charge < -0.3 is 14.9 Å². The molecule has 16 heavy (non-hydrogen) atoms. The zero-order valence-electron chi connectivity index (χ0n) is 8.14. The van der Waals surface area contributed by atoms with Crippen molar-refractivity contribution in [2.45, 2.75) is 6.54 Å². The number of rotatable bonds is 0. The van der Waals surface area contributed by atoms with Gasteiger partial charge in [-0.25, -0.2) is 14.3 Å². The van der Waals surface area contributed by atoms with Gasteiger partial charge in [0.25, 0.3) is 0 Å². The summed E-state index contributed by atoms with van der Waals surface area (Å²) in [5.41, 5.74) is 1.41. The average Bonchev–Trinajstić information content (AvgIpc) is 2.27. The lowest BCUT2D eigenvalue weighted by molar-refractivity contribution is 0.215. The van der Waals surface area contributed by atoms with E-state index >= 15 is 0 Å². The molecule has 0 unspecified atom stereocenters. The summed E-state index contributed by atoms with van der Waals surface area (Å²) in [5, 5.41) is 15.3. The van der Waals surface area contributed by atoms with E-state index in [1.807, 2.05) is 12.1 Å². The molecular formula is C9H10N2O4S. The van der Waals surface area contributed by atoms with Crippen LogP contribution >= 0.6 is 10.4 Å². The molecule has 0 aromatic heterocycles. The molecule has 1 aromatic carbocycles. The van der Waals surface area contributed by atoms with E-state index < -0.39 is 21.0 Å². The molecule has 1 aromatic rings. The van der Waals surface area contributed by atoms with Crippen molar-refractivity contribution in [2.24, 2.45) is 0 Å². The summed E-state index contributed by atoms with van der Waals surface area (Å²) in [6.45, 7) is 0.233. The molecule has 86 valence electrons. The van der Waals surface area contributed by atoms with Crippen LogP contribution in [0.2, 0.25) is 0 Å². The molecule has 1 aliphatic heterocycles. The predicted octanol–water partition coefficient (Wildman–Crippen LogP) is 2.19. The smallest absolute Gasteiger partial charge is 0.387 e. The molecule has 0 saturated heterocycles. The van der Waals surface area contributed by atoms with E-state index in [1.54, 1.807) is 12.1 Å². The van der Waals surface area contributed by atoms with E-state index in [-0.39, 0.29) is 6.54 Å². The van der Waals surface area contributed by atoms with Crippen LogP contribution in [0.3, 0.4) is 0 Å². The number of carboxylic acid groups (broad SMARTS) is 2. The molecule has 0 saturated carbocycles. The van der Waals surface area contributed by atoms with E-state index in [4.69, 9.17) is 10.2 Å². The molecule has 0 spiro atoms. The van der Waals surface area contributed by atoms with Gasteiger partial charge in [0.1, 0.15) is 0 Å². The summed E-state index contributed by atoms with van der Waals surface area (Å²) in [7, 11) is -3.11. The second-order valence-electron chi connectivity index (χ2n) is 3.22. The van der Waals surface area contributed by atoms with Gasteiger partial charge in [0.05, 0.1) is 10.4 Å². The van der Waals surface area contributed by atoms with E-state index in [1.165, 1.54) is 0 Å². The molecule has 0 aliphatic carbocycles. The first-order valence-electron chi connectivity index (χ1n) is 4.46. The Labute approximate surface area is 92.9 Å². The predicted molar refractivity (Wildman–Crippen MR) is 60.5 cm³/mol. The lowest BCUT2D eigenvalue weighted by atomic mass is 10.2. The summed E-state index contributed by atoms with van der Waals surface area (Å²) in [6.07, 6.45) is 0. The third kappa shape index (κ3) is 1.50. The van der Waals surface area contributed by atoms with Crippen molar-refractivity contribution in [1.29, 1.82) is 0 Å². The van der Waals surface area contributed by atoms with Crippen LogP contribution in [0.4, 0.5) is 15.3 Å². The summed E-state index contributed by atoms with van der Waals surface area (Å²) in [6, 6.07) is 7.02. The SMILES string of the molecule is O=C(O)S1(C(=O)O)NCc2ccccc2N1. The molecule has 6 nitrogen and oxygen atoms in total. The van der Waals surface area contributed by atoms with Crippen LogP contribution in [0.5, 0.6) is 0 Å². The van der Waals surface area contributed by atoms with Crippen molar-refractivity contribution >= 4 is 26.7 Å². The lowest BCUT2D eigenvalue weighted by Crippen LogP contribution is -2.40. The minimum Gasteiger partial charge on any atom is -0.472 e. The fourth-order valence-electron chi connectivity index (χ4n) is 1.45. The summed E-state index contributed by atoms with van der Waals surface area (Å²) in [5.74, 6) is 0. The maximum atomic E-state index is 11.1. The highest BCUT2D eigenvalue weighted by atomic mass is 32.3. The molecule has 4 N–H and O–H groups in total. The summed E-state index contributed by atoms with van der Waals surface area (Å²) in [4.78, 5) is 22.1. The maximum Gasteiger partial charge on any atom is 0.387 e. The minimum absolute atomic E-state index is 0.233.